The van der Waals surface area contributed by atoms with Gasteiger partial charge in [-0.2, -0.15) is 0 Å². The minimum absolute atomic E-state index is 0.0462. The van der Waals surface area contributed by atoms with Crippen molar-refractivity contribution in [2.75, 3.05) is 25.6 Å². The highest BCUT2D eigenvalue weighted by Crippen LogP contribution is 2.25. The first kappa shape index (κ1) is 14.3. The maximum atomic E-state index is 12.1. The van der Waals surface area contributed by atoms with Crippen LogP contribution in [0.3, 0.4) is 0 Å². The minimum atomic E-state index is -0.480. The summed E-state index contributed by atoms with van der Waals surface area (Å²) in [7, 11) is 1.59. The number of nitrogens with zero attached hydrogens (tertiary/aromatic N) is 1. The molecule has 0 bridgehead atoms. The van der Waals surface area contributed by atoms with Crippen molar-refractivity contribution in [1.82, 2.24) is 5.32 Å². The number of hydrogen-bond acceptors (Lipinski definition) is 5. The highest BCUT2D eigenvalue weighted by molar-refractivity contribution is 5.96. The molecular weight excluding hydrogens is 262 g/mol. The van der Waals surface area contributed by atoms with E-state index in [4.69, 9.17) is 4.74 Å². The normalized spacial score (nSPS) is 15.7. The van der Waals surface area contributed by atoms with E-state index in [1.54, 1.807) is 7.05 Å². The zero-order valence-corrected chi connectivity index (χ0v) is 11.2. The molecule has 1 saturated heterocycles. The third-order valence-electron chi connectivity index (χ3n) is 3.28. The highest BCUT2D eigenvalue weighted by atomic mass is 16.6. The number of hydrogen-bond donors (Lipinski definition) is 2. The van der Waals surface area contributed by atoms with Crippen LogP contribution in [0.4, 0.5) is 11.4 Å². The van der Waals surface area contributed by atoms with Crippen LogP contribution in [0.25, 0.3) is 0 Å². The smallest absolute Gasteiger partial charge is 0.292 e. The summed E-state index contributed by atoms with van der Waals surface area (Å²) in [6, 6.07) is 4.40. The van der Waals surface area contributed by atoms with Gasteiger partial charge in [0.1, 0.15) is 5.69 Å². The van der Waals surface area contributed by atoms with Crippen LogP contribution < -0.4 is 10.6 Å². The van der Waals surface area contributed by atoms with Crippen molar-refractivity contribution in [3.8, 4) is 0 Å². The molecule has 2 N–H and O–H groups in total. The summed E-state index contributed by atoms with van der Waals surface area (Å²) in [5, 5.41) is 16.5. The number of carbonyl (C=O) groups excluding carboxylic acids is 1. The van der Waals surface area contributed by atoms with E-state index in [1.807, 2.05) is 0 Å². The van der Waals surface area contributed by atoms with Crippen molar-refractivity contribution in [1.29, 1.82) is 0 Å². The van der Waals surface area contributed by atoms with Crippen LogP contribution in [-0.2, 0) is 4.74 Å². The number of carbonyl (C=O) groups is 1. The van der Waals surface area contributed by atoms with Gasteiger partial charge in [0.05, 0.1) is 4.92 Å². The van der Waals surface area contributed by atoms with Gasteiger partial charge in [-0.1, -0.05) is 0 Å². The molecule has 0 saturated carbocycles. The monoisotopic (exact) mass is 279 g/mol. The number of rotatable bonds is 4. The van der Waals surface area contributed by atoms with Crippen molar-refractivity contribution in [2.24, 2.45) is 0 Å². The fraction of sp³-hybridized carbons (Fsp3) is 0.462. The molecule has 7 nitrogen and oxygen atoms in total. The predicted molar refractivity (Wildman–Crippen MR) is 74.0 cm³/mol. The van der Waals surface area contributed by atoms with Crippen LogP contribution >= 0.6 is 0 Å². The van der Waals surface area contributed by atoms with Gasteiger partial charge in [0.25, 0.3) is 11.6 Å². The molecule has 0 spiro atoms. The second-order valence-corrected chi connectivity index (χ2v) is 4.60. The third-order valence-corrected chi connectivity index (χ3v) is 3.28. The van der Waals surface area contributed by atoms with E-state index in [2.05, 4.69) is 10.6 Å². The van der Waals surface area contributed by atoms with E-state index in [1.165, 1.54) is 18.2 Å². The lowest BCUT2D eigenvalue weighted by Crippen LogP contribution is -2.38. The first-order valence-corrected chi connectivity index (χ1v) is 6.46. The molecular formula is C13H17N3O4. The van der Waals surface area contributed by atoms with Gasteiger partial charge in [-0.3, -0.25) is 14.9 Å². The number of amides is 1. The maximum absolute atomic E-state index is 12.1. The topological polar surface area (TPSA) is 93.5 Å². The molecule has 2 rings (SSSR count). The van der Waals surface area contributed by atoms with Gasteiger partial charge in [-0.15, -0.1) is 0 Å². The van der Waals surface area contributed by atoms with E-state index in [0.29, 0.717) is 24.5 Å². The highest BCUT2D eigenvalue weighted by Gasteiger charge is 2.19. The van der Waals surface area contributed by atoms with E-state index in [9.17, 15) is 14.9 Å². The maximum Gasteiger partial charge on any atom is 0.292 e. The number of benzene rings is 1. The quantitative estimate of drug-likeness (QED) is 0.644. The third kappa shape index (κ3) is 3.24. The number of nitrogens with one attached hydrogen (secondary N) is 2. The van der Waals surface area contributed by atoms with Crippen LogP contribution in [0, 0.1) is 10.1 Å². The molecule has 1 aliphatic rings. The van der Waals surface area contributed by atoms with Gasteiger partial charge in [0.15, 0.2) is 0 Å². The largest absolute Gasteiger partial charge is 0.383 e. The lowest BCUT2D eigenvalue weighted by Gasteiger charge is -2.23. The molecule has 1 aliphatic heterocycles. The summed E-state index contributed by atoms with van der Waals surface area (Å²) in [4.78, 5) is 22.5. The van der Waals surface area contributed by atoms with Gasteiger partial charge in [0.2, 0.25) is 0 Å². The van der Waals surface area contributed by atoms with E-state index >= 15 is 0 Å². The van der Waals surface area contributed by atoms with E-state index in [0.717, 1.165) is 12.8 Å². The standard InChI is InChI=1S/C13H17N3O4/c1-14-11-8-9(2-3-12(11)16(18)19)13(17)15-10-4-6-20-7-5-10/h2-3,8,10,14H,4-7H2,1H3,(H,15,17). The SMILES string of the molecule is CNc1cc(C(=O)NC2CCOCC2)ccc1[N+](=O)[O-]. The first-order chi connectivity index (χ1) is 9.61. The van der Waals surface area contributed by atoms with Crippen LogP contribution in [0.15, 0.2) is 18.2 Å². The summed E-state index contributed by atoms with van der Waals surface area (Å²) in [6.45, 7) is 1.29. The molecule has 0 aliphatic carbocycles. The first-order valence-electron chi connectivity index (χ1n) is 6.46. The lowest BCUT2D eigenvalue weighted by molar-refractivity contribution is -0.383. The Morgan fingerprint density at radius 3 is 2.70 bits per heavy atom. The van der Waals surface area contributed by atoms with Gasteiger partial charge < -0.3 is 15.4 Å². The minimum Gasteiger partial charge on any atom is -0.383 e. The Morgan fingerprint density at radius 1 is 1.40 bits per heavy atom. The Morgan fingerprint density at radius 2 is 2.10 bits per heavy atom. The zero-order valence-electron chi connectivity index (χ0n) is 11.2. The molecule has 7 heteroatoms. The zero-order chi connectivity index (χ0) is 14.5. The fourth-order valence-electron chi connectivity index (χ4n) is 2.15. The second kappa shape index (κ2) is 6.33. The molecule has 0 radical (unpaired) electrons. The van der Waals surface area contributed by atoms with Gasteiger partial charge >= 0.3 is 0 Å². The Balaban J connectivity index is 2.11. The summed E-state index contributed by atoms with van der Waals surface area (Å²) in [6.07, 6.45) is 1.58. The van der Waals surface area contributed by atoms with Crippen LogP contribution in [-0.4, -0.2) is 37.1 Å². The average Bonchev–Trinajstić information content (AvgIpc) is 2.47. The Hall–Kier alpha value is -2.15. The summed E-state index contributed by atoms with van der Waals surface area (Å²) in [5.74, 6) is -0.219. The summed E-state index contributed by atoms with van der Waals surface area (Å²) < 4.78 is 5.23. The Labute approximate surface area is 116 Å². The molecule has 0 atom stereocenters. The Bertz CT molecular complexity index is 512. The fourth-order valence-corrected chi connectivity index (χ4v) is 2.15. The molecule has 1 heterocycles. The summed E-state index contributed by atoms with van der Waals surface area (Å²) in [5.41, 5.74) is 0.691. The molecule has 1 aromatic rings. The average molecular weight is 279 g/mol. The lowest BCUT2D eigenvalue weighted by atomic mass is 10.1. The van der Waals surface area contributed by atoms with Gasteiger partial charge in [0, 0.05) is 37.9 Å². The number of anilines is 1. The van der Waals surface area contributed by atoms with Crippen molar-refractivity contribution in [3.63, 3.8) is 0 Å². The van der Waals surface area contributed by atoms with Gasteiger partial charge in [-0.25, -0.2) is 0 Å². The number of nitro groups is 1. The van der Waals surface area contributed by atoms with Crippen LogP contribution in [0.5, 0.6) is 0 Å². The van der Waals surface area contributed by atoms with Crippen molar-refractivity contribution in [3.05, 3.63) is 33.9 Å². The van der Waals surface area contributed by atoms with E-state index in [-0.39, 0.29) is 17.6 Å². The van der Waals surface area contributed by atoms with E-state index < -0.39 is 4.92 Å². The van der Waals surface area contributed by atoms with Crippen molar-refractivity contribution < 1.29 is 14.5 Å². The molecule has 1 fully saturated rings. The predicted octanol–water partition coefficient (Wildman–Crippen LogP) is 1.55. The van der Waals surface area contributed by atoms with Crippen molar-refractivity contribution in [2.45, 2.75) is 18.9 Å². The second-order valence-electron chi connectivity index (χ2n) is 4.60. The van der Waals surface area contributed by atoms with Crippen LogP contribution in [0.1, 0.15) is 23.2 Å². The molecule has 0 aromatic heterocycles. The Kier molecular flexibility index (Phi) is 4.52. The molecule has 108 valence electrons. The van der Waals surface area contributed by atoms with Crippen molar-refractivity contribution >= 4 is 17.3 Å². The van der Waals surface area contributed by atoms with Crippen LogP contribution in [0.2, 0.25) is 0 Å². The number of nitro benzene ring substituents is 1. The number of ether oxygens (including phenoxy) is 1. The summed E-state index contributed by atoms with van der Waals surface area (Å²) >= 11 is 0. The molecule has 0 unspecified atom stereocenters. The molecule has 20 heavy (non-hydrogen) atoms. The van der Waals surface area contributed by atoms with Gasteiger partial charge in [-0.05, 0) is 25.0 Å². The molecule has 1 aromatic carbocycles. The molecule has 1 amide bonds.